The van der Waals surface area contributed by atoms with Crippen LogP contribution in [0.25, 0.3) is 0 Å². The number of hydrogen-bond acceptors (Lipinski definition) is 3. The van der Waals surface area contributed by atoms with Gasteiger partial charge in [0.1, 0.15) is 7.11 Å². The predicted molar refractivity (Wildman–Crippen MR) is 23.8 cm³/mol. The number of guanidine groups is 1. The highest BCUT2D eigenvalue weighted by molar-refractivity contribution is 5.77. The van der Waals surface area contributed by atoms with Crippen molar-refractivity contribution >= 4 is 5.96 Å². The monoisotopic (exact) mass is 102 g/mol. The molecule has 0 aromatic rings. The molecule has 0 fully saturated rings. The van der Waals surface area contributed by atoms with E-state index in [1.165, 1.54) is 7.11 Å². The van der Waals surface area contributed by atoms with Gasteiger partial charge in [-0.3, -0.25) is 0 Å². The maximum atomic E-state index is 6.20. The summed E-state index contributed by atoms with van der Waals surface area (Å²) in [6.07, 6.45) is 0. The van der Waals surface area contributed by atoms with E-state index in [9.17, 15) is 0 Å². The lowest BCUT2D eigenvalue weighted by molar-refractivity contribution is 0.212. The summed E-state index contributed by atoms with van der Waals surface area (Å²) in [5.74, 6) is -0.178. The van der Waals surface area contributed by atoms with Crippen molar-refractivity contribution in [3.05, 3.63) is 0 Å². The van der Waals surface area contributed by atoms with E-state index in [-0.39, 0.29) is 5.96 Å². The zero-order valence-corrected chi connectivity index (χ0v) is 3.88. The van der Waals surface area contributed by atoms with Crippen molar-refractivity contribution in [1.82, 2.24) is 0 Å². The minimum Gasteiger partial charge on any atom is -0.396 e. The van der Waals surface area contributed by atoms with Crippen LogP contribution in [0.3, 0.4) is 0 Å². The Labute approximate surface area is 40.6 Å². The highest BCUT2D eigenvalue weighted by atomic mass is 16.6. The average molecular weight is 102 g/mol. The molecule has 5 nitrogen and oxygen atoms in total. The van der Waals surface area contributed by atoms with Crippen LogP contribution in [-0.4, -0.2) is 13.1 Å². The summed E-state index contributed by atoms with van der Waals surface area (Å²) < 4.78 is 0. The zero-order valence-electron chi connectivity index (χ0n) is 3.88. The molecule has 0 saturated heterocycles. The van der Waals surface area contributed by atoms with Gasteiger partial charge in [-0.2, -0.15) is 0 Å². The molecule has 7 heavy (non-hydrogen) atoms. The summed E-state index contributed by atoms with van der Waals surface area (Å²) in [5, 5.41) is 5.81. The van der Waals surface area contributed by atoms with Gasteiger partial charge in [0.25, 0.3) is 5.96 Å². The summed E-state index contributed by atoms with van der Waals surface area (Å²) in [4.78, 5) is 4.14. The van der Waals surface area contributed by atoms with Gasteiger partial charge in [0.05, 0.1) is 0 Å². The number of nitrogens with two attached hydrogens (primary N) is 1. The molecule has 40 valence electrons. The molecule has 3 N–H and O–H groups in total. The molecule has 0 rings (SSSR count). The lowest BCUT2D eigenvalue weighted by atomic mass is 11.1. The maximum Gasteiger partial charge on any atom is 0.275 e. The van der Waals surface area contributed by atoms with E-state index in [2.05, 4.69) is 15.1 Å². The Morgan fingerprint density at radius 2 is 2.43 bits per heavy atom. The van der Waals surface area contributed by atoms with Crippen LogP contribution in [0, 0.1) is 5.53 Å². The number of hydrogen-bond donors (Lipinski definition) is 2. The van der Waals surface area contributed by atoms with E-state index < -0.39 is 0 Å². The summed E-state index contributed by atoms with van der Waals surface area (Å²) in [6, 6.07) is 0. The molecule has 0 radical (unpaired) electrons. The molecule has 0 unspecified atom stereocenters. The van der Waals surface area contributed by atoms with Crippen molar-refractivity contribution < 1.29 is 4.84 Å². The highest BCUT2D eigenvalue weighted by Gasteiger charge is 1.78. The van der Waals surface area contributed by atoms with Gasteiger partial charge in [-0.15, -0.1) is 5.11 Å². The van der Waals surface area contributed by atoms with Crippen molar-refractivity contribution in [2.75, 3.05) is 7.11 Å². The molecular weight excluding hydrogens is 96.0 g/mol. The fourth-order valence-corrected chi connectivity index (χ4v) is 0.114. The van der Waals surface area contributed by atoms with Gasteiger partial charge < -0.3 is 10.6 Å². The van der Waals surface area contributed by atoms with E-state index in [1.807, 2.05) is 0 Å². The summed E-state index contributed by atoms with van der Waals surface area (Å²) in [6.45, 7) is 0. The number of nitrogens with zero attached hydrogens (tertiary/aromatic N) is 2. The van der Waals surface area contributed by atoms with Crippen molar-refractivity contribution in [3.8, 4) is 0 Å². The third-order valence-corrected chi connectivity index (χ3v) is 0.299. The molecule has 0 aromatic carbocycles. The van der Waals surface area contributed by atoms with Crippen LogP contribution in [0.15, 0.2) is 10.3 Å². The van der Waals surface area contributed by atoms with E-state index in [0.29, 0.717) is 0 Å². The smallest absolute Gasteiger partial charge is 0.275 e. The van der Waals surface area contributed by atoms with E-state index in [0.717, 1.165) is 0 Å². The predicted octanol–water partition coefficient (Wildman–Crippen LogP) is -0.107. The SMILES string of the molecule is CON=C(N)N=N. The Morgan fingerprint density at radius 3 is 2.57 bits per heavy atom. The van der Waals surface area contributed by atoms with Crippen LogP contribution < -0.4 is 5.73 Å². The molecule has 0 heterocycles. The standard InChI is InChI=1S/C2H6N4O/c1-7-6-2(3)5-4/h4H,1H3,(H2,3,6). The summed E-state index contributed by atoms with van der Waals surface area (Å²) in [7, 11) is 1.33. The van der Waals surface area contributed by atoms with Crippen LogP contribution in [-0.2, 0) is 4.84 Å². The van der Waals surface area contributed by atoms with Crippen LogP contribution in [0.5, 0.6) is 0 Å². The molecule has 0 aromatic heterocycles. The third kappa shape index (κ3) is 2.68. The van der Waals surface area contributed by atoms with Crippen molar-refractivity contribution in [3.63, 3.8) is 0 Å². The van der Waals surface area contributed by atoms with Gasteiger partial charge >= 0.3 is 0 Å². The molecule has 0 atom stereocenters. The molecule has 0 saturated carbocycles. The second kappa shape index (κ2) is 3.08. The molecular formula is C2H6N4O. The van der Waals surface area contributed by atoms with Crippen LogP contribution in [0.2, 0.25) is 0 Å². The second-order valence-corrected chi connectivity index (χ2v) is 0.744. The van der Waals surface area contributed by atoms with Gasteiger partial charge in [0, 0.05) is 0 Å². The van der Waals surface area contributed by atoms with Gasteiger partial charge in [-0.25, -0.2) is 5.53 Å². The Kier molecular flexibility index (Phi) is 2.58. The van der Waals surface area contributed by atoms with Gasteiger partial charge in [0.15, 0.2) is 0 Å². The first kappa shape index (κ1) is 5.87. The van der Waals surface area contributed by atoms with E-state index in [4.69, 9.17) is 11.3 Å². The van der Waals surface area contributed by atoms with E-state index in [1.54, 1.807) is 0 Å². The van der Waals surface area contributed by atoms with Crippen LogP contribution >= 0.6 is 0 Å². The van der Waals surface area contributed by atoms with Gasteiger partial charge in [-0.1, -0.05) is 0 Å². The number of rotatable bonds is 1. The minimum atomic E-state index is -0.178. The Bertz CT molecular complexity index is 87.7. The Morgan fingerprint density at radius 1 is 1.86 bits per heavy atom. The fourth-order valence-electron chi connectivity index (χ4n) is 0.114. The zero-order chi connectivity index (χ0) is 5.70. The maximum absolute atomic E-state index is 6.20. The van der Waals surface area contributed by atoms with Crippen LogP contribution in [0.4, 0.5) is 0 Å². The fraction of sp³-hybridized carbons (Fsp3) is 0.500. The van der Waals surface area contributed by atoms with Gasteiger partial charge in [-0.05, 0) is 5.16 Å². The molecule has 0 spiro atoms. The number of oxime groups is 1. The highest BCUT2D eigenvalue weighted by Crippen LogP contribution is 1.68. The Balaban J connectivity index is 3.49. The van der Waals surface area contributed by atoms with Gasteiger partial charge in [0.2, 0.25) is 0 Å². The topological polar surface area (TPSA) is 83.8 Å². The summed E-state index contributed by atoms with van der Waals surface area (Å²) in [5.41, 5.74) is 11.1. The Hall–Kier alpha value is -1.13. The third-order valence-electron chi connectivity index (χ3n) is 0.299. The minimum absolute atomic E-state index is 0.178. The first-order chi connectivity index (χ1) is 3.31. The molecule has 0 amide bonds. The van der Waals surface area contributed by atoms with E-state index >= 15 is 0 Å². The quantitative estimate of drug-likeness (QED) is 0.209. The van der Waals surface area contributed by atoms with Crippen molar-refractivity contribution in [1.29, 1.82) is 5.53 Å². The van der Waals surface area contributed by atoms with Crippen LogP contribution in [0.1, 0.15) is 0 Å². The first-order valence-electron chi connectivity index (χ1n) is 1.55. The molecule has 0 bridgehead atoms. The molecule has 5 heteroatoms. The largest absolute Gasteiger partial charge is 0.396 e. The molecule has 0 aliphatic rings. The van der Waals surface area contributed by atoms with Crippen molar-refractivity contribution in [2.24, 2.45) is 16.0 Å². The van der Waals surface area contributed by atoms with Crippen molar-refractivity contribution in [2.45, 2.75) is 0 Å². The first-order valence-corrected chi connectivity index (χ1v) is 1.55. The second-order valence-electron chi connectivity index (χ2n) is 0.744. The average Bonchev–Trinajstić information content (AvgIpc) is 1.68. The lowest BCUT2D eigenvalue weighted by Crippen LogP contribution is -2.06. The summed E-state index contributed by atoms with van der Waals surface area (Å²) >= 11 is 0. The molecule has 0 aliphatic carbocycles. The normalized spacial score (nSPS) is 10.7. The number of nitrogens with one attached hydrogen (secondary N) is 1. The lowest BCUT2D eigenvalue weighted by Gasteiger charge is -1.83. The molecule has 0 aliphatic heterocycles.